The Kier molecular flexibility index (Phi) is 4.15. The molecule has 0 saturated heterocycles. The van der Waals surface area contributed by atoms with Crippen LogP contribution in [0.25, 0.3) is 0 Å². The van der Waals surface area contributed by atoms with Crippen molar-refractivity contribution < 1.29 is 0 Å². The van der Waals surface area contributed by atoms with Crippen molar-refractivity contribution in [3.8, 4) is 0 Å². The summed E-state index contributed by atoms with van der Waals surface area (Å²) >= 11 is 3.36. The van der Waals surface area contributed by atoms with Gasteiger partial charge in [0.25, 0.3) is 0 Å². The molecule has 0 spiro atoms. The van der Waals surface area contributed by atoms with Crippen LogP contribution in [0.2, 0.25) is 0 Å². The summed E-state index contributed by atoms with van der Waals surface area (Å²) in [6.45, 7) is 3.00. The third-order valence-corrected chi connectivity index (χ3v) is 3.00. The molecule has 0 fully saturated rings. The summed E-state index contributed by atoms with van der Waals surface area (Å²) in [4.78, 5) is 4.32. The zero-order valence-electron chi connectivity index (χ0n) is 9.78. The molecule has 1 aromatic heterocycles. The number of nitrogens with one attached hydrogen (secondary N) is 1. The van der Waals surface area contributed by atoms with Crippen LogP contribution < -0.4 is 5.32 Å². The Bertz CT molecular complexity index is 480. The van der Waals surface area contributed by atoms with Crippen LogP contribution in [-0.4, -0.2) is 11.5 Å². The molecule has 1 N–H and O–H groups in total. The first-order valence-electron chi connectivity index (χ1n) is 5.66. The van der Waals surface area contributed by atoms with Crippen LogP contribution in [0.4, 0.5) is 5.82 Å². The van der Waals surface area contributed by atoms with Crippen molar-refractivity contribution in [2.24, 2.45) is 0 Å². The number of benzene rings is 1. The van der Waals surface area contributed by atoms with Gasteiger partial charge >= 0.3 is 0 Å². The average Bonchev–Trinajstić information content (AvgIpc) is 2.32. The summed E-state index contributed by atoms with van der Waals surface area (Å²) in [6, 6.07) is 14.5. The molecule has 0 saturated carbocycles. The number of halogens is 1. The number of hydrogen-bond acceptors (Lipinski definition) is 2. The van der Waals surface area contributed by atoms with Crippen molar-refractivity contribution in [2.45, 2.75) is 13.3 Å². The first-order chi connectivity index (χ1) is 8.24. The number of rotatable bonds is 4. The molecular weight excluding hydrogens is 276 g/mol. The molecule has 3 heteroatoms. The highest BCUT2D eigenvalue weighted by Crippen LogP contribution is 2.10. The molecule has 2 nitrogen and oxygen atoms in total. The average molecular weight is 291 g/mol. The van der Waals surface area contributed by atoms with Gasteiger partial charge in [0.05, 0.1) is 0 Å². The third kappa shape index (κ3) is 3.86. The van der Waals surface area contributed by atoms with Crippen LogP contribution in [0.5, 0.6) is 0 Å². The molecule has 0 radical (unpaired) electrons. The van der Waals surface area contributed by atoms with E-state index in [4.69, 9.17) is 0 Å². The van der Waals surface area contributed by atoms with E-state index in [1.54, 1.807) is 0 Å². The number of pyridine rings is 1. The molecule has 2 rings (SSSR count). The highest BCUT2D eigenvalue weighted by molar-refractivity contribution is 9.10. The van der Waals surface area contributed by atoms with Gasteiger partial charge in [0.2, 0.25) is 0 Å². The van der Waals surface area contributed by atoms with Crippen molar-refractivity contribution in [2.75, 3.05) is 11.9 Å². The Morgan fingerprint density at radius 2 is 1.88 bits per heavy atom. The standard InChI is InChI=1S/C14H15BrN2/c1-11-5-7-12(8-6-11)9-10-16-14-4-2-3-13(15)17-14/h2-8H,9-10H2,1H3,(H,16,17). The van der Waals surface area contributed by atoms with E-state index in [1.807, 2.05) is 18.2 Å². The topological polar surface area (TPSA) is 24.9 Å². The van der Waals surface area contributed by atoms with Gasteiger partial charge in [-0.3, -0.25) is 0 Å². The SMILES string of the molecule is Cc1ccc(CCNc2cccc(Br)n2)cc1. The van der Waals surface area contributed by atoms with Crippen molar-refractivity contribution in [3.63, 3.8) is 0 Å². The molecule has 1 heterocycles. The lowest BCUT2D eigenvalue weighted by Crippen LogP contribution is -2.06. The van der Waals surface area contributed by atoms with Crippen molar-refractivity contribution in [3.05, 3.63) is 58.2 Å². The van der Waals surface area contributed by atoms with Crippen LogP contribution in [-0.2, 0) is 6.42 Å². The maximum absolute atomic E-state index is 4.32. The summed E-state index contributed by atoms with van der Waals surface area (Å²) < 4.78 is 0.859. The summed E-state index contributed by atoms with van der Waals surface area (Å²) in [5, 5.41) is 3.31. The minimum absolute atomic E-state index is 0.859. The molecule has 0 bridgehead atoms. The predicted molar refractivity (Wildman–Crippen MR) is 75.3 cm³/mol. The second-order valence-electron chi connectivity index (χ2n) is 4.01. The maximum atomic E-state index is 4.32. The van der Waals surface area contributed by atoms with Gasteiger partial charge in [0.1, 0.15) is 10.4 Å². The van der Waals surface area contributed by atoms with Gasteiger partial charge in [-0.2, -0.15) is 0 Å². The molecule has 0 aliphatic carbocycles. The van der Waals surface area contributed by atoms with Gasteiger partial charge in [0.15, 0.2) is 0 Å². The largest absolute Gasteiger partial charge is 0.370 e. The van der Waals surface area contributed by atoms with E-state index in [1.165, 1.54) is 11.1 Å². The minimum atomic E-state index is 0.859. The Hall–Kier alpha value is -1.35. The smallest absolute Gasteiger partial charge is 0.127 e. The fraction of sp³-hybridized carbons (Fsp3) is 0.214. The summed E-state index contributed by atoms with van der Waals surface area (Å²) in [5.41, 5.74) is 2.65. The van der Waals surface area contributed by atoms with E-state index in [0.717, 1.165) is 23.4 Å². The molecule has 0 amide bonds. The van der Waals surface area contributed by atoms with Gasteiger partial charge in [0, 0.05) is 6.54 Å². The quantitative estimate of drug-likeness (QED) is 0.866. The predicted octanol–water partition coefficient (Wildman–Crippen LogP) is 3.81. The lowest BCUT2D eigenvalue weighted by molar-refractivity contribution is 1.00. The second kappa shape index (κ2) is 5.82. The van der Waals surface area contributed by atoms with Crippen molar-refractivity contribution >= 4 is 21.7 Å². The van der Waals surface area contributed by atoms with E-state index in [9.17, 15) is 0 Å². The monoisotopic (exact) mass is 290 g/mol. The van der Waals surface area contributed by atoms with Crippen LogP contribution in [0, 0.1) is 6.92 Å². The maximum Gasteiger partial charge on any atom is 0.127 e. The minimum Gasteiger partial charge on any atom is -0.370 e. The summed E-state index contributed by atoms with van der Waals surface area (Å²) in [7, 11) is 0. The normalized spacial score (nSPS) is 10.2. The van der Waals surface area contributed by atoms with Gasteiger partial charge in [-0.1, -0.05) is 35.9 Å². The van der Waals surface area contributed by atoms with Gasteiger partial charge in [-0.05, 0) is 47.0 Å². The van der Waals surface area contributed by atoms with Crippen LogP contribution in [0.1, 0.15) is 11.1 Å². The number of nitrogens with zero attached hydrogens (tertiary/aromatic N) is 1. The van der Waals surface area contributed by atoms with Crippen LogP contribution in [0.15, 0.2) is 47.1 Å². The lowest BCUT2D eigenvalue weighted by atomic mass is 10.1. The Balaban J connectivity index is 1.85. The van der Waals surface area contributed by atoms with Crippen LogP contribution >= 0.6 is 15.9 Å². The Labute approximate surface area is 110 Å². The highest BCUT2D eigenvalue weighted by atomic mass is 79.9. The molecule has 17 heavy (non-hydrogen) atoms. The van der Waals surface area contributed by atoms with Gasteiger partial charge < -0.3 is 5.32 Å². The fourth-order valence-corrected chi connectivity index (χ4v) is 1.94. The Morgan fingerprint density at radius 3 is 2.59 bits per heavy atom. The van der Waals surface area contributed by atoms with Crippen LogP contribution in [0.3, 0.4) is 0 Å². The van der Waals surface area contributed by atoms with Gasteiger partial charge in [-0.15, -0.1) is 0 Å². The molecule has 0 atom stereocenters. The molecule has 2 aromatic rings. The molecule has 0 aliphatic heterocycles. The number of hydrogen-bond donors (Lipinski definition) is 1. The third-order valence-electron chi connectivity index (χ3n) is 2.56. The molecule has 1 aromatic carbocycles. The molecular formula is C14H15BrN2. The zero-order valence-corrected chi connectivity index (χ0v) is 11.4. The first-order valence-corrected chi connectivity index (χ1v) is 6.45. The molecule has 0 aliphatic rings. The second-order valence-corrected chi connectivity index (χ2v) is 4.82. The van der Waals surface area contributed by atoms with Crippen molar-refractivity contribution in [1.82, 2.24) is 4.98 Å². The lowest BCUT2D eigenvalue weighted by Gasteiger charge is -2.06. The summed E-state index contributed by atoms with van der Waals surface area (Å²) in [5.74, 6) is 0.909. The number of anilines is 1. The first kappa shape index (κ1) is 12.1. The Morgan fingerprint density at radius 1 is 1.12 bits per heavy atom. The van der Waals surface area contributed by atoms with E-state index >= 15 is 0 Å². The van der Waals surface area contributed by atoms with Crippen molar-refractivity contribution in [1.29, 1.82) is 0 Å². The van der Waals surface area contributed by atoms with E-state index in [0.29, 0.717) is 0 Å². The van der Waals surface area contributed by atoms with Gasteiger partial charge in [-0.25, -0.2) is 4.98 Å². The summed E-state index contributed by atoms with van der Waals surface area (Å²) in [6.07, 6.45) is 1.01. The molecule has 88 valence electrons. The van der Waals surface area contributed by atoms with E-state index in [2.05, 4.69) is 57.4 Å². The number of aromatic nitrogens is 1. The zero-order chi connectivity index (χ0) is 12.1. The molecule has 0 unspecified atom stereocenters. The van der Waals surface area contributed by atoms with E-state index in [-0.39, 0.29) is 0 Å². The van der Waals surface area contributed by atoms with E-state index < -0.39 is 0 Å². The highest BCUT2D eigenvalue weighted by Gasteiger charge is 1.95. The fourth-order valence-electron chi connectivity index (χ4n) is 1.60. The number of aryl methyl sites for hydroxylation is 1.